The average Bonchev–Trinajstić information content (AvgIpc) is 2.36. The number of rotatable bonds is 8. The smallest absolute Gasteiger partial charge is 0.134 e. The second-order valence-electron chi connectivity index (χ2n) is 4.08. The number of aromatic nitrogens is 1. The first-order chi connectivity index (χ1) is 8.22. The Hall–Kier alpha value is -0.480. The zero-order valence-corrected chi connectivity index (χ0v) is 12.0. The number of ketones is 1. The fraction of sp³-hybridized carbons (Fsp3) is 0.538. The van der Waals surface area contributed by atoms with Crippen LogP contribution in [0.4, 0.5) is 0 Å². The minimum absolute atomic E-state index is 0.383. The normalized spacial score (nSPS) is 12.4. The van der Waals surface area contributed by atoms with Gasteiger partial charge in [0.15, 0.2) is 0 Å². The summed E-state index contributed by atoms with van der Waals surface area (Å²) >= 11 is 0. The van der Waals surface area contributed by atoms with Gasteiger partial charge in [-0.05, 0) is 28.8 Å². The number of carbonyl (C=O) groups excluding carboxylic acids is 1. The van der Waals surface area contributed by atoms with Gasteiger partial charge in [-0.2, -0.15) is 0 Å². The van der Waals surface area contributed by atoms with Gasteiger partial charge in [-0.1, -0.05) is 37.1 Å². The highest BCUT2D eigenvalue weighted by Crippen LogP contribution is 2.29. The van der Waals surface area contributed by atoms with E-state index in [0.29, 0.717) is 18.1 Å². The summed E-state index contributed by atoms with van der Waals surface area (Å²) < 4.78 is 0. The Balaban J connectivity index is 2.10. The van der Waals surface area contributed by atoms with Crippen molar-refractivity contribution in [2.24, 2.45) is 5.92 Å². The minimum atomic E-state index is 0.383. The first kappa shape index (κ1) is 14.6. The molecule has 1 unspecified atom stereocenters. The van der Waals surface area contributed by atoms with Crippen LogP contribution >= 0.6 is 21.6 Å². The Morgan fingerprint density at radius 2 is 2.29 bits per heavy atom. The van der Waals surface area contributed by atoms with Crippen LogP contribution in [0.5, 0.6) is 0 Å². The van der Waals surface area contributed by atoms with Crippen LogP contribution in [0.2, 0.25) is 0 Å². The van der Waals surface area contributed by atoms with Crippen molar-refractivity contribution in [1.82, 2.24) is 4.98 Å². The molecule has 1 aromatic heterocycles. The van der Waals surface area contributed by atoms with E-state index >= 15 is 0 Å². The van der Waals surface area contributed by atoms with Crippen LogP contribution in [-0.2, 0) is 4.79 Å². The minimum Gasteiger partial charge on any atom is -0.300 e. The van der Waals surface area contributed by atoms with Gasteiger partial charge < -0.3 is 0 Å². The third-order valence-electron chi connectivity index (χ3n) is 2.52. The topological polar surface area (TPSA) is 30.0 Å². The molecule has 0 amide bonds. The maximum atomic E-state index is 11.6. The summed E-state index contributed by atoms with van der Waals surface area (Å²) in [6.07, 6.45) is 4.28. The molecule has 94 valence electrons. The highest BCUT2D eigenvalue weighted by atomic mass is 33.1. The molecule has 2 nitrogen and oxygen atoms in total. The van der Waals surface area contributed by atoms with E-state index in [4.69, 9.17) is 0 Å². The van der Waals surface area contributed by atoms with Gasteiger partial charge in [0.25, 0.3) is 0 Å². The van der Waals surface area contributed by atoms with Crippen molar-refractivity contribution < 1.29 is 4.79 Å². The van der Waals surface area contributed by atoms with Crippen molar-refractivity contribution in [3.8, 4) is 0 Å². The first-order valence-electron chi connectivity index (χ1n) is 5.94. The number of hydrogen-bond acceptors (Lipinski definition) is 4. The molecule has 1 atom stereocenters. The number of Topliss-reactive ketones (excluding diaryl/α,β-unsaturated/α-hetero) is 1. The standard InChI is InChI=1S/C13H19NOS2/c1-3-11(2)10-12(15)7-9-16-17-13-6-4-5-8-14-13/h4-6,8,11H,3,7,9-10H2,1-2H3. The summed E-state index contributed by atoms with van der Waals surface area (Å²) in [6.45, 7) is 4.26. The average molecular weight is 269 g/mol. The fourth-order valence-corrected chi connectivity index (χ4v) is 3.20. The lowest BCUT2D eigenvalue weighted by molar-refractivity contribution is -0.119. The molecule has 0 radical (unpaired) electrons. The van der Waals surface area contributed by atoms with E-state index in [1.165, 1.54) is 0 Å². The SMILES string of the molecule is CCC(C)CC(=O)CCSSc1ccccn1. The van der Waals surface area contributed by atoms with Crippen molar-refractivity contribution >= 4 is 27.4 Å². The van der Waals surface area contributed by atoms with Crippen LogP contribution in [0.15, 0.2) is 29.4 Å². The first-order valence-corrected chi connectivity index (χ1v) is 8.26. The Bertz CT molecular complexity index is 329. The fourth-order valence-electron chi connectivity index (χ4n) is 1.29. The van der Waals surface area contributed by atoms with Crippen LogP contribution in [-0.4, -0.2) is 16.5 Å². The molecule has 0 saturated heterocycles. The third kappa shape index (κ3) is 6.74. The van der Waals surface area contributed by atoms with Gasteiger partial charge in [0.1, 0.15) is 10.8 Å². The third-order valence-corrected chi connectivity index (χ3v) is 4.79. The van der Waals surface area contributed by atoms with Gasteiger partial charge in [-0.15, -0.1) is 0 Å². The second kappa shape index (κ2) is 8.59. The van der Waals surface area contributed by atoms with E-state index < -0.39 is 0 Å². The summed E-state index contributed by atoms with van der Waals surface area (Å²) in [5.74, 6) is 1.78. The zero-order chi connectivity index (χ0) is 12.5. The molecule has 0 saturated carbocycles. The monoisotopic (exact) mass is 269 g/mol. The zero-order valence-electron chi connectivity index (χ0n) is 10.4. The molecule has 0 spiro atoms. The van der Waals surface area contributed by atoms with E-state index in [2.05, 4.69) is 18.8 Å². The molecule has 0 N–H and O–H groups in total. The summed E-state index contributed by atoms with van der Waals surface area (Å²) in [5, 5.41) is 1.01. The Kier molecular flexibility index (Phi) is 7.37. The number of carbonyl (C=O) groups is 1. The van der Waals surface area contributed by atoms with E-state index in [1.54, 1.807) is 27.8 Å². The highest BCUT2D eigenvalue weighted by molar-refractivity contribution is 8.76. The Morgan fingerprint density at radius 1 is 1.47 bits per heavy atom. The summed E-state index contributed by atoms with van der Waals surface area (Å²) in [4.78, 5) is 15.8. The second-order valence-corrected chi connectivity index (χ2v) is 6.52. The maximum absolute atomic E-state index is 11.6. The van der Waals surface area contributed by atoms with Gasteiger partial charge in [-0.3, -0.25) is 4.79 Å². The van der Waals surface area contributed by atoms with Gasteiger partial charge in [-0.25, -0.2) is 4.98 Å². The van der Waals surface area contributed by atoms with Crippen LogP contribution < -0.4 is 0 Å². The number of hydrogen-bond donors (Lipinski definition) is 0. The lowest BCUT2D eigenvalue weighted by Crippen LogP contribution is -2.05. The quantitative estimate of drug-likeness (QED) is 0.522. The summed E-state index contributed by atoms with van der Waals surface area (Å²) in [7, 11) is 3.34. The van der Waals surface area contributed by atoms with Gasteiger partial charge in [0.05, 0.1) is 0 Å². The van der Waals surface area contributed by atoms with Crippen molar-refractivity contribution in [3.05, 3.63) is 24.4 Å². The number of nitrogens with zero attached hydrogens (tertiary/aromatic N) is 1. The predicted octanol–water partition coefficient (Wildman–Crippen LogP) is 4.22. The van der Waals surface area contributed by atoms with Gasteiger partial charge in [0.2, 0.25) is 0 Å². The van der Waals surface area contributed by atoms with Crippen LogP contribution in [0.1, 0.15) is 33.1 Å². The molecule has 0 aromatic carbocycles. The van der Waals surface area contributed by atoms with Crippen LogP contribution in [0.3, 0.4) is 0 Å². The molecular formula is C13H19NOS2. The molecule has 1 aromatic rings. The molecule has 0 aliphatic heterocycles. The Labute approximate surface area is 111 Å². The van der Waals surface area contributed by atoms with Crippen LogP contribution in [0.25, 0.3) is 0 Å². The maximum Gasteiger partial charge on any atom is 0.134 e. The van der Waals surface area contributed by atoms with E-state index in [9.17, 15) is 4.79 Å². The summed E-state index contributed by atoms with van der Waals surface area (Å²) in [5.41, 5.74) is 0. The van der Waals surface area contributed by atoms with E-state index in [1.807, 2.05) is 18.2 Å². The molecule has 0 aliphatic rings. The van der Waals surface area contributed by atoms with E-state index in [0.717, 1.165) is 23.6 Å². The molecule has 0 fully saturated rings. The van der Waals surface area contributed by atoms with Gasteiger partial charge in [0, 0.05) is 24.8 Å². The van der Waals surface area contributed by atoms with Crippen molar-refractivity contribution in [2.75, 3.05) is 5.75 Å². The predicted molar refractivity (Wildman–Crippen MR) is 76.2 cm³/mol. The van der Waals surface area contributed by atoms with Gasteiger partial charge >= 0.3 is 0 Å². The van der Waals surface area contributed by atoms with Crippen molar-refractivity contribution in [1.29, 1.82) is 0 Å². The molecular weight excluding hydrogens is 250 g/mol. The molecule has 4 heteroatoms. The van der Waals surface area contributed by atoms with Crippen molar-refractivity contribution in [2.45, 2.75) is 38.1 Å². The largest absolute Gasteiger partial charge is 0.300 e. The lowest BCUT2D eigenvalue weighted by Gasteiger charge is -2.06. The lowest BCUT2D eigenvalue weighted by atomic mass is 10.0. The van der Waals surface area contributed by atoms with E-state index in [-0.39, 0.29) is 0 Å². The van der Waals surface area contributed by atoms with Crippen LogP contribution in [0, 0.1) is 5.92 Å². The van der Waals surface area contributed by atoms with Crippen molar-refractivity contribution in [3.63, 3.8) is 0 Å². The summed E-state index contributed by atoms with van der Waals surface area (Å²) in [6, 6.07) is 5.87. The number of pyridine rings is 1. The molecule has 1 heterocycles. The Morgan fingerprint density at radius 3 is 2.94 bits per heavy atom. The molecule has 0 bridgehead atoms. The molecule has 0 aliphatic carbocycles. The highest BCUT2D eigenvalue weighted by Gasteiger charge is 2.07. The molecule has 17 heavy (non-hydrogen) atoms. The molecule has 1 rings (SSSR count).